The van der Waals surface area contributed by atoms with Crippen LogP contribution in [0.3, 0.4) is 0 Å². The van der Waals surface area contributed by atoms with Crippen LogP contribution in [0, 0.1) is 11.3 Å². The molecule has 1 aromatic rings. The molecule has 2 amide bonds. The lowest BCUT2D eigenvalue weighted by Crippen LogP contribution is -2.51. The number of ether oxygens (including phenoxy) is 1. The third-order valence-electron chi connectivity index (χ3n) is 5.60. The van der Waals surface area contributed by atoms with Crippen molar-refractivity contribution in [3.05, 3.63) is 24.2 Å². The average molecular weight is 304 g/mol. The molecule has 2 aliphatic carbocycles. The third-order valence-corrected chi connectivity index (χ3v) is 5.60. The molecule has 3 aliphatic rings. The molecule has 0 spiro atoms. The van der Waals surface area contributed by atoms with Crippen molar-refractivity contribution in [2.45, 2.75) is 38.2 Å². The lowest BCUT2D eigenvalue weighted by molar-refractivity contribution is -0.0268. The minimum atomic E-state index is -0.143. The molecule has 3 fully saturated rings. The van der Waals surface area contributed by atoms with Gasteiger partial charge >= 0.3 is 6.03 Å². The maximum absolute atomic E-state index is 12.5. The number of carbonyl (C=O) groups excluding carboxylic acids is 1. The van der Waals surface area contributed by atoms with Crippen LogP contribution in [-0.4, -0.2) is 37.2 Å². The minimum Gasteiger partial charge on any atom is -0.467 e. The van der Waals surface area contributed by atoms with Crippen LogP contribution in [0.15, 0.2) is 22.8 Å². The fourth-order valence-corrected chi connectivity index (χ4v) is 3.90. The number of hydrogen-bond acceptors (Lipinski definition) is 3. The molecule has 1 N–H and O–H groups in total. The van der Waals surface area contributed by atoms with E-state index in [4.69, 9.17) is 9.15 Å². The largest absolute Gasteiger partial charge is 0.467 e. The van der Waals surface area contributed by atoms with Gasteiger partial charge in [-0.1, -0.05) is 6.42 Å². The predicted octanol–water partition coefficient (Wildman–Crippen LogP) is 2.94. The molecule has 1 aromatic heterocycles. The highest BCUT2D eigenvalue weighted by atomic mass is 16.5. The quantitative estimate of drug-likeness (QED) is 0.930. The van der Waals surface area contributed by atoms with Gasteiger partial charge in [-0.2, -0.15) is 0 Å². The minimum absolute atomic E-state index is 0.0479. The second kappa shape index (κ2) is 5.61. The van der Waals surface area contributed by atoms with Gasteiger partial charge in [0.25, 0.3) is 0 Å². The van der Waals surface area contributed by atoms with Crippen LogP contribution in [0.4, 0.5) is 4.79 Å². The van der Waals surface area contributed by atoms with E-state index in [0.717, 1.165) is 18.2 Å². The van der Waals surface area contributed by atoms with E-state index >= 15 is 0 Å². The molecule has 0 aromatic carbocycles. The molecular weight excluding hydrogens is 280 g/mol. The number of nitrogens with zero attached hydrogens (tertiary/aromatic N) is 1. The van der Waals surface area contributed by atoms with Crippen LogP contribution in [0.1, 0.15) is 44.0 Å². The molecule has 1 saturated heterocycles. The van der Waals surface area contributed by atoms with Gasteiger partial charge in [0, 0.05) is 13.1 Å². The van der Waals surface area contributed by atoms with E-state index in [1.165, 1.54) is 32.1 Å². The van der Waals surface area contributed by atoms with E-state index in [0.29, 0.717) is 25.1 Å². The lowest BCUT2D eigenvalue weighted by Gasteiger charge is -2.43. The Balaban J connectivity index is 1.32. The molecular formula is C17H24N2O3. The van der Waals surface area contributed by atoms with Crippen molar-refractivity contribution < 1.29 is 13.9 Å². The van der Waals surface area contributed by atoms with E-state index in [9.17, 15) is 4.79 Å². The van der Waals surface area contributed by atoms with Gasteiger partial charge in [-0.3, -0.25) is 0 Å². The highest BCUT2D eigenvalue weighted by molar-refractivity contribution is 5.74. The number of nitrogens with one attached hydrogen (secondary N) is 1. The molecule has 0 bridgehead atoms. The van der Waals surface area contributed by atoms with Crippen LogP contribution < -0.4 is 5.32 Å². The zero-order chi connectivity index (χ0) is 15.0. The van der Waals surface area contributed by atoms with E-state index < -0.39 is 0 Å². The Morgan fingerprint density at radius 3 is 2.91 bits per heavy atom. The number of amides is 2. The summed E-state index contributed by atoms with van der Waals surface area (Å²) in [7, 11) is 0. The molecule has 1 aliphatic heterocycles. The molecule has 1 atom stereocenters. The van der Waals surface area contributed by atoms with Crippen LogP contribution in [0.2, 0.25) is 0 Å². The molecule has 5 heteroatoms. The molecule has 0 unspecified atom stereocenters. The maximum Gasteiger partial charge on any atom is 0.317 e. The lowest BCUT2D eigenvalue weighted by atomic mass is 9.65. The van der Waals surface area contributed by atoms with Crippen molar-refractivity contribution >= 4 is 6.03 Å². The monoisotopic (exact) mass is 304 g/mol. The van der Waals surface area contributed by atoms with E-state index in [1.54, 1.807) is 6.26 Å². The van der Waals surface area contributed by atoms with Crippen LogP contribution in [0.25, 0.3) is 0 Å². The molecule has 2 heterocycles. The van der Waals surface area contributed by atoms with Gasteiger partial charge in [-0.05, 0) is 49.1 Å². The summed E-state index contributed by atoms with van der Waals surface area (Å²) in [6, 6.07) is 3.81. The Morgan fingerprint density at radius 2 is 2.27 bits per heavy atom. The van der Waals surface area contributed by atoms with Crippen molar-refractivity contribution in [3.63, 3.8) is 0 Å². The smallest absolute Gasteiger partial charge is 0.317 e. The number of urea groups is 1. The average Bonchev–Trinajstić information content (AvgIpc) is 3.20. The Bertz CT molecular complexity index is 520. The van der Waals surface area contributed by atoms with Crippen LogP contribution in [-0.2, 0) is 4.74 Å². The van der Waals surface area contributed by atoms with Gasteiger partial charge in [0.1, 0.15) is 11.9 Å². The highest BCUT2D eigenvalue weighted by Gasteiger charge is 2.49. The molecule has 22 heavy (non-hydrogen) atoms. The van der Waals surface area contributed by atoms with Crippen molar-refractivity contribution in [3.8, 4) is 0 Å². The molecule has 120 valence electrons. The van der Waals surface area contributed by atoms with Gasteiger partial charge in [-0.15, -0.1) is 0 Å². The first kappa shape index (κ1) is 14.1. The van der Waals surface area contributed by atoms with Crippen LogP contribution in [0.5, 0.6) is 0 Å². The standard InChI is InChI=1S/C17H24N2O3/c20-16(18-12-17(6-2-7-17)13-4-5-13)19-8-10-22-15(11-19)14-3-1-9-21-14/h1,3,9,13,15H,2,4-8,10-12H2,(H,18,20)/t15-/m1/s1. The van der Waals surface area contributed by atoms with Gasteiger partial charge in [0.15, 0.2) is 0 Å². The Morgan fingerprint density at radius 1 is 1.41 bits per heavy atom. The number of carbonyl (C=O) groups is 1. The first-order valence-corrected chi connectivity index (χ1v) is 8.45. The third kappa shape index (κ3) is 2.62. The normalized spacial score (nSPS) is 27.3. The summed E-state index contributed by atoms with van der Waals surface area (Å²) in [5.74, 6) is 1.66. The van der Waals surface area contributed by atoms with E-state index in [-0.39, 0.29) is 12.1 Å². The van der Waals surface area contributed by atoms with E-state index in [1.807, 2.05) is 17.0 Å². The highest BCUT2D eigenvalue weighted by Crippen LogP contribution is 2.56. The number of rotatable bonds is 4. The van der Waals surface area contributed by atoms with Gasteiger partial charge < -0.3 is 19.4 Å². The Labute approximate surface area is 131 Å². The SMILES string of the molecule is O=C(NCC1(C2CC2)CCC1)N1CCO[C@@H](c2ccco2)C1. The number of morpholine rings is 1. The predicted molar refractivity (Wildman–Crippen MR) is 81.4 cm³/mol. The Hall–Kier alpha value is -1.49. The van der Waals surface area contributed by atoms with Crippen molar-refractivity contribution in [2.75, 3.05) is 26.2 Å². The molecule has 4 rings (SSSR count). The number of hydrogen-bond donors (Lipinski definition) is 1. The fraction of sp³-hybridized carbons (Fsp3) is 0.706. The fourth-order valence-electron chi connectivity index (χ4n) is 3.90. The zero-order valence-corrected chi connectivity index (χ0v) is 12.9. The first-order valence-electron chi connectivity index (χ1n) is 8.45. The van der Waals surface area contributed by atoms with Gasteiger partial charge in [-0.25, -0.2) is 4.79 Å². The molecule has 0 radical (unpaired) electrons. The van der Waals surface area contributed by atoms with Crippen molar-refractivity contribution in [1.82, 2.24) is 10.2 Å². The summed E-state index contributed by atoms with van der Waals surface area (Å²) >= 11 is 0. The van der Waals surface area contributed by atoms with Crippen molar-refractivity contribution in [1.29, 1.82) is 0 Å². The molecule has 5 nitrogen and oxygen atoms in total. The van der Waals surface area contributed by atoms with Gasteiger partial charge in [0.05, 0.1) is 19.4 Å². The Kier molecular flexibility index (Phi) is 3.60. The number of furan rings is 1. The summed E-state index contributed by atoms with van der Waals surface area (Å²) in [4.78, 5) is 14.3. The van der Waals surface area contributed by atoms with Crippen LogP contribution >= 0.6 is 0 Å². The summed E-state index contributed by atoms with van der Waals surface area (Å²) in [6.45, 7) is 2.63. The van der Waals surface area contributed by atoms with Gasteiger partial charge in [0.2, 0.25) is 0 Å². The van der Waals surface area contributed by atoms with Crippen molar-refractivity contribution in [2.24, 2.45) is 11.3 Å². The molecule has 2 saturated carbocycles. The maximum atomic E-state index is 12.5. The summed E-state index contributed by atoms with van der Waals surface area (Å²) in [5, 5.41) is 3.18. The first-order chi connectivity index (χ1) is 10.8. The van der Waals surface area contributed by atoms with E-state index in [2.05, 4.69) is 5.32 Å². The summed E-state index contributed by atoms with van der Waals surface area (Å²) in [6.07, 6.45) is 8.11. The summed E-state index contributed by atoms with van der Waals surface area (Å²) < 4.78 is 11.1. The zero-order valence-electron chi connectivity index (χ0n) is 12.9. The summed E-state index contributed by atoms with van der Waals surface area (Å²) in [5.41, 5.74) is 0.419. The second-order valence-electron chi connectivity index (χ2n) is 6.97. The second-order valence-corrected chi connectivity index (χ2v) is 6.97. The topological polar surface area (TPSA) is 54.7 Å².